The van der Waals surface area contributed by atoms with Crippen molar-refractivity contribution in [1.29, 1.82) is 0 Å². The van der Waals surface area contributed by atoms with E-state index in [-0.39, 0.29) is 11.5 Å². The van der Waals surface area contributed by atoms with Crippen molar-refractivity contribution in [3.05, 3.63) is 42.0 Å². The van der Waals surface area contributed by atoms with Gasteiger partial charge in [0.2, 0.25) is 10.0 Å². The zero-order valence-electron chi connectivity index (χ0n) is 13.6. The van der Waals surface area contributed by atoms with E-state index in [9.17, 15) is 8.42 Å². The topological polar surface area (TPSA) is 85.5 Å². The summed E-state index contributed by atoms with van der Waals surface area (Å²) in [7, 11) is -2.06. The third-order valence-corrected chi connectivity index (χ3v) is 6.03. The molecule has 7 nitrogen and oxygen atoms in total. The zero-order valence-corrected chi connectivity index (χ0v) is 14.4. The van der Waals surface area contributed by atoms with Crippen molar-refractivity contribution in [2.24, 2.45) is 0 Å². The molecule has 1 atom stereocenters. The first-order valence-corrected chi connectivity index (χ1v) is 9.45. The average molecular weight is 351 g/mol. The van der Waals surface area contributed by atoms with Gasteiger partial charge in [0, 0.05) is 13.7 Å². The lowest BCUT2D eigenvalue weighted by Crippen LogP contribution is -2.35. The molecule has 1 saturated heterocycles. The lowest BCUT2D eigenvalue weighted by atomic mass is 10.1. The van der Waals surface area contributed by atoms with Gasteiger partial charge >= 0.3 is 0 Å². The number of hydrogen-bond acceptors (Lipinski definition) is 6. The highest BCUT2D eigenvalue weighted by atomic mass is 32.2. The quantitative estimate of drug-likeness (QED) is 0.823. The monoisotopic (exact) mass is 351 g/mol. The molecule has 0 spiro atoms. The van der Waals surface area contributed by atoms with Gasteiger partial charge in [-0.1, -0.05) is 36.2 Å². The molecule has 2 heterocycles. The molecule has 1 aromatic carbocycles. The SMILES string of the molecule is COCc1nc([C@H]2CCCCCN2S(=O)(=O)c2ccccc2)no1. The van der Waals surface area contributed by atoms with Crippen LogP contribution in [0.25, 0.3) is 0 Å². The van der Waals surface area contributed by atoms with Crippen LogP contribution in [0.4, 0.5) is 0 Å². The Bertz CT molecular complexity index is 761. The van der Waals surface area contributed by atoms with Crippen molar-refractivity contribution < 1.29 is 17.7 Å². The highest BCUT2D eigenvalue weighted by molar-refractivity contribution is 7.89. The lowest BCUT2D eigenvalue weighted by molar-refractivity contribution is 0.151. The second-order valence-electron chi connectivity index (χ2n) is 5.77. The molecule has 1 aliphatic heterocycles. The van der Waals surface area contributed by atoms with E-state index in [0.29, 0.717) is 24.7 Å². The Labute approximate surface area is 141 Å². The molecule has 0 radical (unpaired) electrons. The summed E-state index contributed by atoms with van der Waals surface area (Å²) in [5, 5.41) is 3.99. The van der Waals surface area contributed by atoms with Crippen LogP contribution < -0.4 is 0 Å². The fourth-order valence-electron chi connectivity index (χ4n) is 2.94. The van der Waals surface area contributed by atoms with Crippen molar-refractivity contribution in [3.8, 4) is 0 Å². The van der Waals surface area contributed by atoms with Gasteiger partial charge in [0.25, 0.3) is 5.89 Å². The maximum absolute atomic E-state index is 13.1. The number of rotatable bonds is 5. The maximum Gasteiger partial charge on any atom is 0.252 e. The van der Waals surface area contributed by atoms with E-state index in [2.05, 4.69) is 10.1 Å². The third kappa shape index (κ3) is 3.50. The zero-order chi connectivity index (χ0) is 17.0. The largest absolute Gasteiger partial charge is 0.375 e. The van der Waals surface area contributed by atoms with Gasteiger partial charge in [0.05, 0.1) is 10.9 Å². The van der Waals surface area contributed by atoms with E-state index in [0.717, 1.165) is 19.3 Å². The minimum absolute atomic E-state index is 0.213. The van der Waals surface area contributed by atoms with Crippen molar-refractivity contribution >= 4 is 10.0 Å². The van der Waals surface area contributed by atoms with Crippen LogP contribution in [0.5, 0.6) is 0 Å². The standard InChI is InChI=1S/C16H21N3O4S/c1-22-12-15-17-16(18-23-15)14-10-6-3-7-11-19(14)24(20,21)13-8-4-2-5-9-13/h2,4-5,8-9,14H,3,6-7,10-12H2,1H3/t14-/m1/s1. The van der Waals surface area contributed by atoms with Gasteiger partial charge in [0.1, 0.15) is 6.61 Å². The number of sulfonamides is 1. The molecule has 130 valence electrons. The van der Waals surface area contributed by atoms with Gasteiger partial charge in [-0.2, -0.15) is 9.29 Å². The van der Waals surface area contributed by atoms with Crippen molar-refractivity contribution in [2.75, 3.05) is 13.7 Å². The molecule has 24 heavy (non-hydrogen) atoms. The predicted molar refractivity (Wildman–Crippen MR) is 86.6 cm³/mol. The number of hydrogen-bond donors (Lipinski definition) is 0. The molecule has 2 aromatic rings. The number of nitrogens with zero attached hydrogens (tertiary/aromatic N) is 3. The van der Waals surface area contributed by atoms with Crippen LogP contribution in [0, 0.1) is 0 Å². The van der Waals surface area contributed by atoms with E-state index in [1.807, 2.05) is 0 Å². The normalized spacial score (nSPS) is 20.0. The first kappa shape index (κ1) is 17.1. The second kappa shape index (κ2) is 7.42. The summed E-state index contributed by atoms with van der Waals surface area (Å²) in [6.07, 6.45) is 3.42. The molecule has 0 aliphatic carbocycles. The van der Waals surface area contributed by atoms with Crippen LogP contribution in [-0.4, -0.2) is 36.5 Å². The molecule has 0 N–H and O–H groups in total. The Morgan fingerprint density at radius 3 is 2.79 bits per heavy atom. The van der Waals surface area contributed by atoms with Crippen molar-refractivity contribution in [3.63, 3.8) is 0 Å². The van der Waals surface area contributed by atoms with Gasteiger partial charge < -0.3 is 9.26 Å². The average Bonchev–Trinajstić information content (AvgIpc) is 2.91. The summed E-state index contributed by atoms with van der Waals surface area (Å²) in [6.45, 7) is 0.668. The molecule has 1 aromatic heterocycles. The van der Waals surface area contributed by atoms with Gasteiger partial charge in [-0.15, -0.1) is 0 Å². The van der Waals surface area contributed by atoms with Crippen LogP contribution in [-0.2, 0) is 21.4 Å². The molecular weight excluding hydrogens is 330 g/mol. The Morgan fingerprint density at radius 2 is 2.04 bits per heavy atom. The van der Waals surface area contributed by atoms with E-state index >= 15 is 0 Å². The fourth-order valence-corrected chi connectivity index (χ4v) is 4.62. The van der Waals surface area contributed by atoms with Gasteiger partial charge in [-0.05, 0) is 25.0 Å². The van der Waals surface area contributed by atoms with Gasteiger partial charge in [-0.3, -0.25) is 0 Å². The highest BCUT2D eigenvalue weighted by Crippen LogP contribution is 2.33. The first-order chi connectivity index (χ1) is 11.6. The molecule has 0 bridgehead atoms. The smallest absolute Gasteiger partial charge is 0.252 e. The Balaban J connectivity index is 1.95. The van der Waals surface area contributed by atoms with Gasteiger partial charge in [-0.25, -0.2) is 8.42 Å². The predicted octanol–water partition coefficient (Wildman–Crippen LogP) is 2.52. The number of aromatic nitrogens is 2. The molecule has 0 saturated carbocycles. The van der Waals surface area contributed by atoms with E-state index in [4.69, 9.17) is 9.26 Å². The summed E-state index contributed by atoms with van der Waals surface area (Å²) in [5.41, 5.74) is 0. The van der Waals surface area contributed by atoms with Crippen LogP contribution >= 0.6 is 0 Å². The summed E-state index contributed by atoms with van der Waals surface area (Å²) in [6, 6.07) is 8.07. The van der Waals surface area contributed by atoms with Crippen LogP contribution in [0.15, 0.2) is 39.8 Å². The van der Waals surface area contributed by atoms with E-state index in [1.165, 1.54) is 4.31 Å². The van der Waals surface area contributed by atoms with Crippen molar-refractivity contribution in [1.82, 2.24) is 14.4 Å². The number of methoxy groups -OCH3 is 1. The minimum atomic E-state index is -3.61. The third-order valence-electron chi connectivity index (χ3n) is 4.10. The molecule has 0 amide bonds. The second-order valence-corrected chi connectivity index (χ2v) is 7.66. The summed E-state index contributed by atoms with van der Waals surface area (Å²) in [5.74, 6) is 0.761. The van der Waals surface area contributed by atoms with E-state index in [1.54, 1.807) is 37.4 Å². The number of ether oxygens (including phenoxy) is 1. The van der Waals surface area contributed by atoms with Gasteiger partial charge in [0.15, 0.2) is 5.82 Å². The van der Waals surface area contributed by atoms with Crippen molar-refractivity contribution in [2.45, 2.75) is 43.2 Å². The molecule has 8 heteroatoms. The van der Waals surface area contributed by atoms with Crippen LogP contribution in [0.1, 0.15) is 43.4 Å². The minimum Gasteiger partial charge on any atom is -0.375 e. The summed E-state index contributed by atoms with van der Waals surface area (Å²) < 4.78 is 37.8. The molecule has 3 rings (SSSR count). The first-order valence-electron chi connectivity index (χ1n) is 8.01. The Kier molecular flexibility index (Phi) is 5.27. The Morgan fingerprint density at radius 1 is 1.25 bits per heavy atom. The summed E-state index contributed by atoms with van der Waals surface area (Å²) >= 11 is 0. The lowest BCUT2D eigenvalue weighted by Gasteiger charge is -2.26. The maximum atomic E-state index is 13.1. The fraction of sp³-hybridized carbons (Fsp3) is 0.500. The molecule has 1 aliphatic rings. The van der Waals surface area contributed by atoms with E-state index < -0.39 is 16.1 Å². The highest BCUT2D eigenvalue weighted by Gasteiger charge is 2.35. The molecule has 1 fully saturated rings. The Hall–Kier alpha value is -1.77. The van der Waals surface area contributed by atoms with Crippen LogP contribution in [0.3, 0.4) is 0 Å². The van der Waals surface area contributed by atoms with Crippen LogP contribution in [0.2, 0.25) is 0 Å². The molecule has 0 unspecified atom stereocenters. The molecular formula is C16H21N3O4S. The number of benzene rings is 1. The summed E-state index contributed by atoms with van der Waals surface area (Å²) in [4.78, 5) is 4.60.